The Morgan fingerprint density at radius 2 is 2.00 bits per heavy atom. The first kappa shape index (κ1) is 14.2. The molecule has 0 unspecified atom stereocenters. The summed E-state index contributed by atoms with van der Waals surface area (Å²) in [7, 11) is 0. The lowest BCUT2D eigenvalue weighted by atomic mass is 10.2. The summed E-state index contributed by atoms with van der Waals surface area (Å²) in [4.78, 5) is 24.6. The molecule has 0 saturated carbocycles. The predicted molar refractivity (Wildman–Crippen MR) is 74.5 cm³/mol. The molecule has 2 rings (SSSR count). The minimum absolute atomic E-state index is 0.142. The van der Waals surface area contributed by atoms with Crippen molar-refractivity contribution in [2.45, 2.75) is 6.54 Å². The van der Waals surface area contributed by atoms with E-state index < -0.39 is 11.8 Å². The van der Waals surface area contributed by atoms with Gasteiger partial charge in [0.15, 0.2) is 5.69 Å². The quantitative estimate of drug-likeness (QED) is 0.837. The van der Waals surface area contributed by atoms with E-state index in [2.05, 4.69) is 31.3 Å². The van der Waals surface area contributed by atoms with Gasteiger partial charge in [-0.05, 0) is 17.7 Å². The molecule has 1 aromatic heterocycles. The van der Waals surface area contributed by atoms with Crippen LogP contribution in [0.5, 0.6) is 0 Å². The molecule has 20 heavy (non-hydrogen) atoms. The van der Waals surface area contributed by atoms with E-state index in [1.165, 1.54) is 11.1 Å². The van der Waals surface area contributed by atoms with Crippen LogP contribution >= 0.6 is 15.9 Å². The maximum absolute atomic E-state index is 12.2. The van der Waals surface area contributed by atoms with Gasteiger partial charge in [0.05, 0.1) is 6.20 Å². The summed E-state index contributed by atoms with van der Waals surface area (Å²) in [5, 5.41) is 9.65. The summed E-state index contributed by atoms with van der Waals surface area (Å²) in [5.74, 6) is -0.987. The molecule has 0 radical (unpaired) electrons. The van der Waals surface area contributed by atoms with Crippen LogP contribution in [0.2, 0.25) is 0 Å². The second-order valence-corrected chi connectivity index (χ2v) is 5.02. The van der Waals surface area contributed by atoms with Crippen molar-refractivity contribution in [1.82, 2.24) is 20.3 Å². The maximum atomic E-state index is 12.2. The van der Waals surface area contributed by atoms with E-state index in [-0.39, 0.29) is 18.8 Å². The number of halogens is 1. The molecule has 7 nitrogen and oxygen atoms in total. The van der Waals surface area contributed by atoms with Gasteiger partial charge in [-0.3, -0.25) is 9.59 Å². The number of carbonyl (C=O) groups is 2. The lowest BCUT2D eigenvalue weighted by Crippen LogP contribution is -2.38. The van der Waals surface area contributed by atoms with Crippen LogP contribution in [0.4, 0.5) is 0 Å². The molecule has 3 N–H and O–H groups in total. The van der Waals surface area contributed by atoms with Crippen molar-refractivity contribution in [3.63, 3.8) is 0 Å². The third-order valence-electron chi connectivity index (χ3n) is 2.55. The molecule has 104 valence electrons. The first-order valence-corrected chi connectivity index (χ1v) is 6.53. The van der Waals surface area contributed by atoms with Crippen LogP contribution in [0.1, 0.15) is 16.1 Å². The number of rotatable bonds is 5. The number of nitrogens with two attached hydrogens (primary N) is 1. The molecule has 8 heteroatoms. The van der Waals surface area contributed by atoms with Gasteiger partial charge < -0.3 is 10.6 Å². The van der Waals surface area contributed by atoms with Crippen molar-refractivity contribution >= 4 is 27.7 Å². The molecule has 0 atom stereocenters. The Bertz CT molecular complexity index is 597. The molecule has 1 aromatic carbocycles. The Morgan fingerprint density at radius 1 is 1.30 bits per heavy atom. The van der Waals surface area contributed by atoms with Crippen molar-refractivity contribution < 1.29 is 9.59 Å². The van der Waals surface area contributed by atoms with Gasteiger partial charge >= 0.3 is 0 Å². The first-order chi connectivity index (χ1) is 9.56. The van der Waals surface area contributed by atoms with Gasteiger partial charge in [-0.1, -0.05) is 28.1 Å². The van der Waals surface area contributed by atoms with E-state index in [0.29, 0.717) is 0 Å². The lowest BCUT2D eigenvalue weighted by Gasteiger charge is -2.20. The lowest BCUT2D eigenvalue weighted by molar-refractivity contribution is -0.118. The topological polar surface area (TPSA) is 105 Å². The molecule has 0 aliphatic heterocycles. The monoisotopic (exact) mass is 337 g/mol. The molecule has 0 fully saturated rings. The van der Waals surface area contributed by atoms with E-state index in [1.54, 1.807) is 0 Å². The second-order valence-electron chi connectivity index (χ2n) is 4.11. The van der Waals surface area contributed by atoms with Crippen LogP contribution in [0.15, 0.2) is 34.9 Å². The molecule has 0 bridgehead atoms. The van der Waals surface area contributed by atoms with Gasteiger partial charge in [0.25, 0.3) is 5.91 Å². The van der Waals surface area contributed by atoms with Crippen LogP contribution < -0.4 is 5.73 Å². The summed E-state index contributed by atoms with van der Waals surface area (Å²) in [6, 6.07) is 7.43. The highest BCUT2D eigenvalue weighted by molar-refractivity contribution is 9.10. The molecule has 0 spiro atoms. The van der Waals surface area contributed by atoms with Gasteiger partial charge in [0.1, 0.15) is 6.54 Å². The van der Waals surface area contributed by atoms with Crippen molar-refractivity contribution in [1.29, 1.82) is 0 Å². The van der Waals surface area contributed by atoms with Crippen LogP contribution in [0, 0.1) is 0 Å². The van der Waals surface area contributed by atoms with Gasteiger partial charge in [-0.15, -0.1) is 0 Å². The number of aromatic nitrogens is 3. The molecule has 0 aliphatic carbocycles. The molecule has 2 aromatic rings. The normalized spacial score (nSPS) is 10.2. The highest BCUT2D eigenvalue weighted by Gasteiger charge is 2.20. The average Bonchev–Trinajstić information content (AvgIpc) is 2.93. The number of aromatic amines is 1. The van der Waals surface area contributed by atoms with E-state index in [0.717, 1.165) is 10.0 Å². The van der Waals surface area contributed by atoms with E-state index >= 15 is 0 Å². The Labute approximate surface area is 123 Å². The van der Waals surface area contributed by atoms with Gasteiger partial charge in [0.2, 0.25) is 5.91 Å². The second kappa shape index (κ2) is 6.29. The number of primary amides is 1. The third-order valence-corrected chi connectivity index (χ3v) is 3.08. The van der Waals surface area contributed by atoms with Crippen LogP contribution in [0.3, 0.4) is 0 Å². The number of benzene rings is 1. The number of hydrogen-bond donors (Lipinski definition) is 2. The molecule has 0 aliphatic rings. The SMILES string of the molecule is NC(=O)CN(Cc1ccc(Br)cc1)C(=O)c1cn[nH]n1. The Morgan fingerprint density at radius 3 is 2.55 bits per heavy atom. The molecule has 0 saturated heterocycles. The summed E-state index contributed by atoms with van der Waals surface area (Å²) in [6.45, 7) is 0.0870. The number of nitrogens with one attached hydrogen (secondary N) is 1. The molecular formula is C12H12BrN5O2. The van der Waals surface area contributed by atoms with Gasteiger partial charge in [0, 0.05) is 11.0 Å². The minimum Gasteiger partial charge on any atom is -0.368 e. The number of H-pyrrole nitrogens is 1. The van der Waals surface area contributed by atoms with Crippen molar-refractivity contribution in [3.05, 3.63) is 46.2 Å². The average molecular weight is 338 g/mol. The van der Waals surface area contributed by atoms with Crippen molar-refractivity contribution in [3.8, 4) is 0 Å². The highest BCUT2D eigenvalue weighted by Crippen LogP contribution is 2.13. The fraction of sp³-hybridized carbons (Fsp3) is 0.167. The highest BCUT2D eigenvalue weighted by atomic mass is 79.9. The van der Waals surface area contributed by atoms with Crippen LogP contribution in [-0.2, 0) is 11.3 Å². The van der Waals surface area contributed by atoms with Crippen LogP contribution in [0.25, 0.3) is 0 Å². The number of hydrogen-bond acceptors (Lipinski definition) is 4. The molecular weight excluding hydrogens is 326 g/mol. The Kier molecular flexibility index (Phi) is 4.46. The Balaban J connectivity index is 2.17. The summed E-state index contributed by atoms with van der Waals surface area (Å²) in [6.07, 6.45) is 1.30. The van der Waals surface area contributed by atoms with Crippen LogP contribution in [-0.4, -0.2) is 38.7 Å². The number of amides is 2. The minimum atomic E-state index is -0.584. The van der Waals surface area contributed by atoms with Gasteiger partial charge in [-0.25, -0.2) is 0 Å². The zero-order chi connectivity index (χ0) is 14.5. The third kappa shape index (κ3) is 3.64. The zero-order valence-electron chi connectivity index (χ0n) is 10.4. The first-order valence-electron chi connectivity index (χ1n) is 5.74. The molecule has 2 amide bonds. The number of nitrogens with zero attached hydrogens (tertiary/aromatic N) is 3. The van der Waals surface area contributed by atoms with E-state index in [9.17, 15) is 9.59 Å². The fourth-order valence-electron chi connectivity index (χ4n) is 1.66. The summed E-state index contributed by atoms with van der Waals surface area (Å²) < 4.78 is 0.936. The van der Waals surface area contributed by atoms with Crippen molar-refractivity contribution in [2.24, 2.45) is 5.73 Å². The summed E-state index contributed by atoms with van der Waals surface area (Å²) >= 11 is 3.34. The standard InChI is InChI=1S/C12H12BrN5O2/c13-9-3-1-8(2-4-9)6-18(7-11(14)19)12(20)10-5-15-17-16-10/h1-5H,6-7H2,(H2,14,19)(H,15,16,17). The molecule has 1 heterocycles. The Hall–Kier alpha value is -2.22. The van der Waals surface area contributed by atoms with Crippen molar-refractivity contribution in [2.75, 3.05) is 6.54 Å². The zero-order valence-corrected chi connectivity index (χ0v) is 12.0. The van der Waals surface area contributed by atoms with Gasteiger partial charge in [-0.2, -0.15) is 15.4 Å². The maximum Gasteiger partial charge on any atom is 0.276 e. The fourth-order valence-corrected chi connectivity index (χ4v) is 1.93. The summed E-state index contributed by atoms with van der Waals surface area (Å²) in [5.41, 5.74) is 6.20. The van der Waals surface area contributed by atoms with E-state index in [4.69, 9.17) is 5.73 Å². The smallest absolute Gasteiger partial charge is 0.276 e. The predicted octanol–water partition coefficient (Wildman–Crippen LogP) is 0.695. The van der Waals surface area contributed by atoms with E-state index in [1.807, 2.05) is 24.3 Å². The largest absolute Gasteiger partial charge is 0.368 e. The number of carbonyl (C=O) groups excluding carboxylic acids is 2.